The third-order valence-corrected chi connectivity index (χ3v) is 4.84. The van der Waals surface area contributed by atoms with E-state index in [2.05, 4.69) is 15.4 Å². The minimum Gasteiger partial charge on any atom is -0.342 e. The highest BCUT2D eigenvalue weighted by Crippen LogP contribution is 2.40. The number of carbonyl (C=O) groups is 2. The zero-order chi connectivity index (χ0) is 15.7. The maximum Gasteiger partial charge on any atom is 0.252 e. The lowest BCUT2D eigenvalue weighted by Gasteiger charge is -2.17. The third-order valence-electron chi connectivity index (χ3n) is 3.81. The average molecular weight is 318 g/mol. The summed E-state index contributed by atoms with van der Waals surface area (Å²) in [6.07, 6.45) is 3.70. The number of amides is 1. The second-order valence-electron chi connectivity index (χ2n) is 5.48. The zero-order valence-electron chi connectivity index (χ0n) is 12.6. The third kappa shape index (κ3) is 2.94. The SMILES string of the molecule is CCn1ncnc1[C@@H](NC(=O)c1csc(C(C)=O)c1)C1CC1. The Morgan fingerprint density at radius 3 is 2.86 bits per heavy atom. The predicted octanol–water partition coefficient (Wildman–Crippen LogP) is 2.44. The van der Waals surface area contributed by atoms with E-state index in [0.717, 1.165) is 25.2 Å². The van der Waals surface area contributed by atoms with Crippen LogP contribution in [-0.2, 0) is 6.54 Å². The summed E-state index contributed by atoms with van der Waals surface area (Å²) in [6.45, 7) is 4.23. The number of Topliss-reactive ketones (excluding diaryl/α,β-unsaturated/α-hetero) is 1. The van der Waals surface area contributed by atoms with Crippen LogP contribution in [0.25, 0.3) is 0 Å². The van der Waals surface area contributed by atoms with Crippen molar-refractivity contribution >= 4 is 23.0 Å². The molecule has 1 saturated carbocycles. The maximum atomic E-state index is 12.4. The van der Waals surface area contributed by atoms with Crippen molar-refractivity contribution in [2.45, 2.75) is 39.3 Å². The van der Waals surface area contributed by atoms with E-state index in [9.17, 15) is 9.59 Å². The number of nitrogens with zero attached hydrogens (tertiary/aromatic N) is 3. The predicted molar refractivity (Wildman–Crippen MR) is 83.0 cm³/mol. The highest BCUT2D eigenvalue weighted by Gasteiger charge is 2.36. The molecule has 7 heteroatoms. The molecule has 1 aliphatic rings. The molecular formula is C15H18N4O2S. The molecule has 2 aromatic rings. The molecule has 3 rings (SSSR count). The van der Waals surface area contributed by atoms with Gasteiger partial charge in [0.25, 0.3) is 5.91 Å². The molecule has 0 saturated heterocycles. The first kappa shape index (κ1) is 14.9. The van der Waals surface area contributed by atoms with Crippen molar-refractivity contribution in [1.29, 1.82) is 0 Å². The Morgan fingerprint density at radius 2 is 2.27 bits per heavy atom. The summed E-state index contributed by atoms with van der Waals surface area (Å²) >= 11 is 1.30. The number of rotatable bonds is 6. The summed E-state index contributed by atoms with van der Waals surface area (Å²) < 4.78 is 1.82. The van der Waals surface area contributed by atoms with Crippen LogP contribution in [0, 0.1) is 5.92 Å². The lowest BCUT2D eigenvalue weighted by Crippen LogP contribution is -2.31. The molecule has 116 valence electrons. The second-order valence-corrected chi connectivity index (χ2v) is 6.39. The smallest absolute Gasteiger partial charge is 0.252 e. The molecule has 2 aromatic heterocycles. The van der Waals surface area contributed by atoms with E-state index in [4.69, 9.17) is 0 Å². The van der Waals surface area contributed by atoms with Crippen molar-refractivity contribution in [1.82, 2.24) is 20.1 Å². The molecule has 1 atom stereocenters. The van der Waals surface area contributed by atoms with Gasteiger partial charge < -0.3 is 5.32 Å². The minimum atomic E-state index is -0.161. The first-order valence-corrected chi connectivity index (χ1v) is 8.26. The van der Waals surface area contributed by atoms with Crippen LogP contribution in [-0.4, -0.2) is 26.5 Å². The normalized spacial score (nSPS) is 15.5. The molecule has 1 N–H and O–H groups in total. The second kappa shape index (κ2) is 6.00. The Hall–Kier alpha value is -2.02. The molecule has 0 unspecified atom stereocenters. The summed E-state index contributed by atoms with van der Waals surface area (Å²) in [5.74, 6) is 1.05. The van der Waals surface area contributed by atoms with Crippen LogP contribution in [0.5, 0.6) is 0 Å². The lowest BCUT2D eigenvalue weighted by atomic mass is 10.1. The van der Waals surface area contributed by atoms with Gasteiger partial charge in [-0.25, -0.2) is 9.67 Å². The number of hydrogen-bond donors (Lipinski definition) is 1. The van der Waals surface area contributed by atoms with Crippen molar-refractivity contribution < 1.29 is 9.59 Å². The van der Waals surface area contributed by atoms with Gasteiger partial charge in [-0.2, -0.15) is 5.10 Å². The Bertz CT molecular complexity index is 702. The largest absolute Gasteiger partial charge is 0.342 e. The Kier molecular flexibility index (Phi) is 4.06. The van der Waals surface area contributed by atoms with Gasteiger partial charge in [-0.1, -0.05) is 0 Å². The van der Waals surface area contributed by atoms with Crippen molar-refractivity contribution in [3.63, 3.8) is 0 Å². The summed E-state index contributed by atoms with van der Waals surface area (Å²) in [5.41, 5.74) is 0.531. The van der Waals surface area contributed by atoms with Crippen LogP contribution >= 0.6 is 11.3 Å². The van der Waals surface area contributed by atoms with Gasteiger partial charge in [-0.05, 0) is 38.7 Å². The van der Waals surface area contributed by atoms with Crippen LogP contribution in [0.2, 0.25) is 0 Å². The zero-order valence-corrected chi connectivity index (χ0v) is 13.4. The Balaban J connectivity index is 1.79. The molecule has 0 spiro atoms. The van der Waals surface area contributed by atoms with Gasteiger partial charge in [-0.15, -0.1) is 11.3 Å². The molecule has 1 aliphatic carbocycles. The summed E-state index contributed by atoms with van der Waals surface area (Å²) in [6, 6.07) is 1.53. The minimum absolute atomic E-state index is 0.0199. The molecular weight excluding hydrogens is 300 g/mol. The molecule has 2 heterocycles. The van der Waals surface area contributed by atoms with E-state index >= 15 is 0 Å². The fourth-order valence-corrected chi connectivity index (χ4v) is 3.23. The van der Waals surface area contributed by atoms with Crippen molar-refractivity contribution in [3.8, 4) is 0 Å². The maximum absolute atomic E-state index is 12.4. The van der Waals surface area contributed by atoms with Crippen LogP contribution in [0.4, 0.5) is 0 Å². The van der Waals surface area contributed by atoms with Gasteiger partial charge in [0.2, 0.25) is 0 Å². The first-order chi connectivity index (χ1) is 10.6. The van der Waals surface area contributed by atoms with Crippen LogP contribution < -0.4 is 5.32 Å². The molecule has 0 bridgehead atoms. The average Bonchev–Trinajstić information content (AvgIpc) is 3.04. The fraction of sp³-hybridized carbons (Fsp3) is 0.467. The van der Waals surface area contributed by atoms with E-state index < -0.39 is 0 Å². The number of thiophene rings is 1. The van der Waals surface area contributed by atoms with E-state index in [1.165, 1.54) is 24.6 Å². The quantitative estimate of drug-likeness (QED) is 0.830. The van der Waals surface area contributed by atoms with Gasteiger partial charge in [-0.3, -0.25) is 9.59 Å². The molecule has 22 heavy (non-hydrogen) atoms. The summed E-state index contributed by atoms with van der Waals surface area (Å²) in [5, 5.41) is 8.97. The highest BCUT2D eigenvalue weighted by molar-refractivity contribution is 7.12. The van der Waals surface area contributed by atoms with Crippen molar-refractivity contribution in [2.24, 2.45) is 5.92 Å². The van der Waals surface area contributed by atoms with E-state index in [-0.39, 0.29) is 17.7 Å². The standard InChI is InChI=1S/C15H18N4O2S/c1-3-19-14(16-8-17-19)13(10-4-5-10)18-15(21)11-6-12(9(2)20)22-7-11/h6-8,10,13H,3-5H2,1-2H3,(H,18,21)/t13-/m0/s1. The monoisotopic (exact) mass is 318 g/mol. The molecule has 1 amide bonds. The number of ketones is 1. The van der Waals surface area contributed by atoms with Crippen LogP contribution in [0.3, 0.4) is 0 Å². The number of hydrogen-bond acceptors (Lipinski definition) is 5. The number of aromatic nitrogens is 3. The highest BCUT2D eigenvalue weighted by atomic mass is 32.1. The summed E-state index contributed by atoms with van der Waals surface area (Å²) in [7, 11) is 0. The molecule has 0 radical (unpaired) electrons. The van der Waals surface area contributed by atoms with Crippen molar-refractivity contribution in [3.05, 3.63) is 34.0 Å². The van der Waals surface area contributed by atoms with Gasteiger partial charge >= 0.3 is 0 Å². The number of nitrogens with one attached hydrogen (secondary N) is 1. The number of aryl methyl sites for hydroxylation is 1. The van der Waals surface area contributed by atoms with E-state index in [1.807, 2.05) is 11.6 Å². The van der Waals surface area contributed by atoms with Gasteiger partial charge in [0.1, 0.15) is 12.2 Å². The fourth-order valence-electron chi connectivity index (χ4n) is 2.44. The van der Waals surface area contributed by atoms with E-state index in [0.29, 0.717) is 16.4 Å². The van der Waals surface area contributed by atoms with Crippen LogP contribution in [0.15, 0.2) is 17.8 Å². The Labute approximate surface area is 132 Å². The molecule has 0 aliphatic heterocycles. The van der Waals surface area contributed by atoms with Crippen LogP contribution in [0.1, 0.15) is 58.6 Å². The topological polar surface area (TPSA) is 76.9 Å². The lowest BCUT2D eigenvalue weighted by molar-refractivity contribution is 0.0929. The molecule has 0 aromatic carbocycles. The first-order valence-electron chi connectivity index (χ1n) is 7.38. The molecule has 1 fully saturated rings. The Morgan fingerprint density at radius 1 is 1.50 bits per heavy atom. The number of carbonyl (C=O) groups excluding carboxylic acids is 2. The van der Waals surface area contributed by atoms with E-state index in [1.54, 1.807) is 11.4 Å². The summed E-state index contributed by atoms with van der Waals surface area (Å²) in [4.78, 5) is 28.7. The van der Waals surface area contributed by atoms with Gasteiger partial charge in [0.05, 0.1) is 16.5 Å². The van der Waals surface area contributed by atoms with Crippen molar-refractivity contribution in [2.75, 3.05) is 0 Å². The van der Waals surface area contributed by atoms with Gasteiger partial charge in [0.15, 0.2) is 5.78 Å². The van der Waals surface area contributed by atoms with Gasteiger partial charge in [0, 0.05) is 11.9 Å². The molecule has 6 nitrogen and oxygen atoms in total.